The minimum atomic E-state index is 0.417. The number of unbranched alkanes of at least 4 members (excludes halogenated alkanes) is 1. The molecule has 0 fully saturated rings. The monoisotopic (exact) mass is 208 g/mol. The minimum Gasteiger partial charge on any atom is -0.370 e. The lowest BCUT2D eigenvalue weighted by molar-refractivity contribution is 0.109. The maximum absolute atomic E-state index is 5.86. The van der Waals surface area contributed by atoms with E-state index in [0.717, 1.165) is 13.0 Å². The molecule has 0 saturated carbocycles. The van der Waals surface area contributed by atoms with Crippen LogP contribution in [0, 0.1) is 0 Å². The summed E-state index contributed by atoms with van der Waals surface area (Å²) in [6, 6.07) is 0. The van der Waals surface area contributed by atoms with Crippen LogP contribution >= 0.6 is 0 Å². The average Bonchev–Trinajstić information content (AvgIpc) is 2.60. The van der Waals surface area contributed by atoms with Crippen molar-refractivity contribution in [3.63, 3.8) is 0 Å². The molecular formula is C14H24O. The van der Waals surface area contributed by atoms with E-state index in [2.05, 4.69) is 20.4 Å². The van der Waals surface area contributed by atoms with Crippen molar-refractivity contribution in [3.05, 3.63) is 23.8 Å². The molecule has 1 heteroatoms. The summed E-state index contributed by atoms with van der Waals surface area (Å²) in [7, 11) is 0. The smallest absolute Gasteiger partial charge is 0.0793 e. The summed E-state index contributed by atoms with van der Waals surface area (Å²) in [5.41, 5.74) is 3.07. The van der Waals surface area contributed by atoms with E-state index in [1.165, 1.54) is 37.7 Å². The second-order valence-corrected chi connectivity index (χ2v) is 4.31. The van der Waals surface area contributed by atoms with Gasteiger partial charge in [-0.1, -0.05) is 39.2 Å². The van der Waals surface area contributed by atoms with Crippen LogP contribution in [0.1, 0.15) is 52.4 Å². The van der Waals surface area contributed by atoms with Gasteiger partial charge in [0.25, 0.3) is 0 Å². The molecule has 0 radical (unpaired) electrons. The molecule has 1 heterocycles. The quantitative estimate of drug-likeness (QED) is 0.568. The molecule has 0 bridgehead atoms. The Morgan fingerprint density at radius 3 is 2.80 bits per heavy atom. The van der Waals surface area contributed by atoms with Gasteiger partial charge in [-0.05, 0) is 30.4 Å². The first kappa shape index (κ1) is 12.5. The van der Waals surface area contributed by atoms with Gasteiger partial charge >= 0.3 is 0 Å². The first-order valence-electron chi connectivity index (χ1n) is 6.26. The number of hydrogen-bond donors (Lipinski definition) is 0. The molecule has 1 nitrogen and oxygen atoms in total. The summed E-state index contributed by atoms with van der Waals surface area (Å²) >= 11 is 0. The fourth-order valence-electron chi connectivity index (χ4n) is 2.24. The van der Waals surface area contributed by atoms with Crippen LogP contribution in [0.5, 0.6) is 0 Å². The van der Waals surface area contributed by atoms with E-state index in [4.69, 9.17) is 4.74 Å². The highest BCUT2D eigenvalue weighted by atomic mass is 16.5. The van der Waals surface area contributed by atoms with Gasteiger partial charge in [-0.15, -0.1) is 6.58 Å². The first-order chi connectivity index (χ1) is 7.33. The fraction of sp³-hybridized carbons (Fsp3) is 0.714. The standard InChI is InChI=1S/C14H24O/c1-4-7-10-14-13(9-6-3)12(8-5-2)11-15-14/h5,14H,2,4,6-11H2,1,3H3. The zero-order valence-corrected chi connectivity index (χ0v) is 10.2. The van der Waals surface area contributed by atoms with Crippen LogP contribution in [-0.4, -0.2) is 12.7 Å². The molecule has 1 rings (SSSR count). The average molecular weight is 208 g/mol. The second-order valence-electron chi connectivity index (χ2n) is 4.31. The Labute approximate surface area is 94.2 Å². The van der Waals surface area contributed by atoms with Crippen LogP contribution < -0.4 is 0 Å². The van der Waals surface area contributed by atoms with Crippen molar-refractivity contribution >= 4 is 0 Å². The van der Waals surface area contributed by atoms with Crippen LogP contribution in [0.4, 0.5) is 0 Å². The Hall–Kier alpha value is -0.560. The van der Waals surface area contributed by atoms with Gasteiger partial charge in [-0.25, -0.2) is 0 Å². The fourth-order valence-corrected chi connectivity index (χ4v) is 2.24. The maximum Gasteiger partial charge on any atom is 0.0793 e. The summed E-state index contributed by atoms with van der Waals surface area (Å²) in [5.74, 6) is 0. The highest BCUT2D eigenvalue weighted by molar-refractivity contribution is 5.25. The SMILES string of the molecule is C=CCC1=C(CCC)C(CCCC)OC1. The molecule has 0 aromatic heterocycles. The van der Waals surface area contributed by atoms with Crippen LogP contribution in [0.25, 0.3) is 0 Å². The van der Waals surface area contributed by atoms with Gasteiger partial charge in [0.2, 0.25) is 0 Å². The lowest BCUT2D eigenvalue weighted by atomic mass is 9.96. The van der Waals surface area contributed by atoms with Crippen LogP contribution in [0.2, 0.25) is 0 Å². The van der Waals surface area contributed by atoms with Crippen LogP contribution in [-0.2, 0) is 4.74 Å². The zero-order chi connectivity index (χ0) is 11.1. The summed E-state index contributed by atoms with van der Waals surface area (Å²) in [6.45, 7) is 9.14. The number of allylic oxidation sites excluding steroid dienone is 1. The Kier molecular flexibility index (Phi) is 5.70. The second kappa shape index (κ2) is 6.84. The first-order valence-corrected chi connectivity index (χ1v) is 6.26. The normalized spacial score (nSPS) is 21.1. The van der Waals surface area contributed by atoms with E-state index in [0.29, 0.717) is 6.10 Å². The highest BCUT2D eigenvalue weighted by Crippen LogP contribution is 2.30. The van der Waals surface area contributed by atoms with Gasteiger partial charge in [-0.3, -0.25) is 0 Å². The van der Waals surface area contributed by atoms with E-state index < -0.39 is 0 Å². The van der Waals surface area contributed by atoms with E-state index in [-0.39, 0.29) is 0 Å². The van der Waals surface area contributed by atoms with E-state index >= 15 is 0 Å². The van der Waals surface area contributed by atoms with Gasteiger partial charge in [0.05, 0.1) is 12.7 Å². The van der Waals surface area contributed by atoms with Gasteiger partial charge in [0.15, 0.2) is 0 Å². The molecule has 86 valence electrons. The predicted octanol–water partition coefficient (Wildman–Crippen LogP) is 4.25. The molecule has 0 saturated heterocycles. The molecule has 0 N–H and O–H groups in total. The van der Waals surface area contributed by atoms with Gasteiger partial charge in [-0.2, -0.15) is 0 Å². The number of rotatable bonds is 7. The Bertz CT molecular complexity index is 227. The van der Waals surface area contributed by atoms with Gasteiger partial charge in [0.1, 0.15) is 0 Å². The molecule has 0 aliphatic carbocycles. The molecule has 1 aliphatic heterocycles. The topological polar surface area (TPSA) is 9.23 Å². The predicted molar refractivity (Wildman–Crippen MR) is 66.0 cm³/mol. The third-order valence-corrected chi connectivity index (χ3v) is 3.03. The molecule has 1 unspecified atom stereocenters. The molecule has 1 aliphatic rings. The molecule has 0 amide bonds. The van der Waals surface area contributed by atoms with Crippen molar-refractivity contribution in [1.29, 1.82) is 0 Å². The van der Waals surface area contributed by atoms with Crippen molar-refractivity contribution < 1.29 is 4.74 Å². The Morgan fingerprint density at radius 2 is 2.20 bits per heavy atom. The van der Waals surface area contributed by atoms with Crippen molar-refractivity contribution in [1.82, 2.24) is 0 Å². The lowest BCUT2D eigenvalue weighted by Crippen LogP contribution is -2.09. The van der Waals surface area contributed by atoms with Crippen molar-refractivity contribution in [2.24, 2.45) is 0 Å². The minimum absolute atomic E-state index is 0.417. The van der Waals surface area contributed by atoms with E-state index in [1.54, 1.807) is 5.57 Å². The molecule has 15 heavy (non-hydrogen) atoms. The Balaban J connectivity index is 2.61. The van der Waals surface area contributed by atoms with Crippen LogP contribution in [0.3, 0.4) is 0 Å². The summed E-state index contributed by atoms with van der Waals surface area (Å²) < 4.78 is 5.86. The molecular weight excluding hydrogens is 184 g/mol. The maximum atomic E-state index is 5.86. The molecule has 0 aromatic carbocycles. The molecule has 0 spiro atoms. The number of ether oxygens (including phenoxy) is 1. The van der Waals surface area contributed by atoms with Gasteiger partial charge in [0, 0.05) is 0 Å². The van der Waals surface area contributed by atoms with Crippen molar-refractivity contribution in [2.45, 2.75) is 58.5 Å². The Morgan fingerprint density at radius 1 is 1.40 bits per heavy atom. The van der Waals surface area contributed by atoms with Crippen molar-refractivity contribution in [2.75, 3.05) is 6.61 Å². The van der Waals surface area contributed by atoms with Crippen LogP contribution in [0.15, 0.2) is 23.8 Å². The lowest BCUT2D eigenvalue weighted by Gasteiger charge is -2.13. The zero-order valence-electron chi connectivity index (χ0n) is 10.2. The van der Waals surface area contributed by atoms with E-state index in [9.17, 15) is 0 Å². The van der Waals surface area contributed by atoms with E-state index in [1.807, 2.05) is 6.08 Å². The largest absolute Gasteiger partial charge is 0.370 e. The third kappa shape index (κ3) is 3.49. The van der Waals surface area contributed by atoms with Gasteiger partial charge < -0.3 is 4.74 Å². The van der Waals surface area contributed by atoms with Crippen molar-refractivity contribution in [3.8, 4) is 0 Å². The third-order valence-electron chi connectivity index (χ3n) is 3.03. The molecule has 1 atom stereocenters. The molecule has 0 aromatic rings. The number of hydrogen-bond acceptors (Lipinski definition) is 1. The summed E-state index contributed by atoms with van der Waals surface area (Å²) in [4.78, 5) is 0. The highest BCUT2D eigenvalue weighted by Gasteiger charge is 2.23. The summed E-state index contributed by atoms with van der Waals surface area (Å²) in [6.07, 6.45) is 9.59. The summed E-state index contributed by atoms with van der Waals surface area (Å²) in [5, 5.41) is 0.